The summed E-state index contributed by atoms with van der Waals surface area (Å²) in [6.07, 6.45) is 0.703. The summed E-state index contributed by atoms with van der Waals surface area (Å²) in [4.78, 5) is 16.0. The third-order valence-corrected chi connectivity index (χ3v) is 3.75. The van der Waals surface area contributed by atoms with Gasteiger partial charge in [0.15, 0.2) is 0 Å². The van der Waals surface area contributed by atoms with E-state index in [-0.39, 0.29) is 11.5 Å². The van der Waals surface area contributed by atoms with E-state index in [2.05, 4.69) is 4.89 Å². The number of carboxylic acids is 1. The minimum absolute atomic E-state index is 0.207. The maximum Gasteiger partial charge on any atom is 0.332 e. The van der Waals surface area contributed by atoms with Gasteiger partial charge < -0.3 is 5.11 Å². The predicted octanol–water partition coefficient (Wildman–Crippen LogP) is 3.37. The highest BCUT2D eigenvalue weighted by Gasteiger charge is 2.33. The van der Waals surface area contributed by atoms with Crippen molar-refractivity contribution >= 4 is 5.97 Å². The van der Waals surface area contributed by atoms with Crippen LogP contribution in [0.5, 0.6) is 0 Å². The third kappa shape index (κ3) is 2.35. The molecule has 0 spiro atoms. The van der Waals surface area contributed by atoms with E-state index in [9.17, 15) is 9.90 Å². The van der Waals surface area contributed by atoms with Gasteiger partial charge in [-0.1, -0.05) is 54.6 Å². The topological polar surface area (TPSA) is 66.8 Å². The smallest absolute Gasteiger partial charge is 0.332 e. The van der Waals surface area contributed by atoms with Gasteiger partial charge in [-0.05, 0) is 22.8 Å². The highest BCUT2D eigenvalue weighted by molar-refractivity contribution is 5.90. The van der Waals surface area contributed by atoms with Crippen molar-refractivity contribution in [3.63, 3.8) is 0 Å². The molecule has 1 aliphatic rings. The van der Waals surface area contributed by atoms with E-state index in [1.807, 2.05) is 54.6 Å². The molecular formula is C17H14O4. The number of hydrogen-bond donors (Lipinski definition) is 2. The quantitative estimate of drug-likeness (QED) is 0.669. The van der Waals surface area contributed by atoms with Crippen molar-refractivity contribution in [2.24, 2.45) is 0 Å². The molecule has 4 heteroatoms. The minimum Gasteiger partial charge on any atom is -0.478 e. The van der Waals surface area contributed by atoms with Crippen molar-refractivity contribution in [3.05, 3.63) is 82.9 Å². The van der Waals surface area contributed by atoms with Gasteiger partial charge in [0.1, 0.15) is 6.10 Å². The van der Waals surface area contributed by atoms with Crippen LogP contribution < -0.4 is 0 Å². The molecule has 2 aromatic carbocycles. The Morgan fingerprint density at radius 2 is 1.57 bits per heavy atom. The summed E-state index contributed by atoms with van der Waals surface area (Å²) in [6.45, 7) is 0. The second kappa shape index (κ2) is 5.52. The van der Waals surface area contributed by atoms with Crippen LogP contribution in [0.2, 0.25) is 0 Å². The Bertz CT molecular complexity index is 691. The number of fused-ring (bicyclic) bond motifs is 1. The van der Waals surface area contributed by atoms with Crippen LogP contribution in [0.3, 0.4) is 0 Å². The third-order valence-electron chi connectivity index (χ3n) is 3.75. The number of hydrogen-bond acceptors (Lipinski definition) is 3. The fourth-order valence-corrected chi connectivity index (χ4v) is 2.84. The van der Waals surface area contributed by atoms with Crippen molar-refractivity contribution in [1.29, 1.82) is 0 Å². The van der Waals surface area contributed by atoms with E-state index < -0.39 is 12.1 Å². The monoisotopic (exact) mass is 282 g/mol. The van der Waals surface area contributed by atoms with Gasteiger partial charge in [-0.15, -0.1) is 0 Å². The Labute approximate surface area is 121 Å². The van der Waals surface area contributed by atoms with Crippen molar-refractivity contribution < 1.29 is 20.0 Å². The van der Waals surface area contributed by atoms with Crippen LogP contribution in [0.4, 0.5) is 0 Å². The van der Waals surface area contributed by atoms with Crippen LogP contribution in [-0.2, 0) is 9.68 Å². The molecule has 0 radical (unpaired) electrons. The maximum absolute atomic E-state index is 11.6. The summed E-state index contributed by atoms with van der Waals surface area (Å²) in [5.41, 5.74) is 2.72. The van der Waals surface area contributed by atoms with Gasteiger partial charge in [-0.2, -0.15) is 0 Å². The zero-order chi connectivity index (χ0) is 14.8. The fourth-order valence-electron chi connectivity index (χ4n) is 2.84. The summed E-state index contributed by atoms with van der Waals surface area (Å²) in [7, 11) is 0. The highest BCUT2D eigenvalue weighted by atomic mass is 17.1. The second-order valence-corrected chi connectivity index (χ2v) is 4.93. The van der Waals surface area contributed by atoms with Gasteiger partial charge >= 0.3 is 5.97 Å². The van der Waals surface area contributed by atoms with Gasteiger partial charge in [0.2, 0.25) is 0 Å². The van der Waals surface area contributed by atoms with Crippen molar-refractivity contribution in [3.8, 4) is 0 Å². The summed E-state index contributed by atoms with van der Waals surface area (Å²) in [5.74, 6) is -1.38. The van der Waals surface area contributed by atoms with Crippen molar-refractivity contribution in [1.82, 2.24) is 0 Å². The molecule has 0 saturated carbocycles. The molecule has 0 amide bonds. The molecule has 0 aliphatic heterocycles. The van der Waals surface area contributed by atoms with E-state index in [1.165, 1.54) is 6.08 Å². The van der Waals surface area contributed by atoms with E-state index in [0.29, 0.717) is 0 Å². The molecule has 0 unspecified atom stereocenters. The molecule has 106 valence electrons. The van der Waals surface area contributed by atoms with Crippen LogP contribution in [0.1, 0.15) is 28.7 Å². The fraction of sp³-hybridized carbons (Fsp3) is 0.118. The molecule has 2 atom stereocenters. The molecule has 0 aromatic heterocycles. The largest absolute Gasteiger partial charge is 0.478 e. The average molecular weight is 282 g/mol. The van der Waals surface area contributed by atoms with Crippen LogP contribution in [0, 0.1) is 0 Å². The van der Waals surface area contributed by atoms with Crippen LogP contribution in [-0.4, -0.2) is 16.3 Å². The average Bonchev–Trinajstić information content (AvgIpc) is 2.54. The normalized spacial score (nSPS) is 20.5. The number of carboxylic acid groups (broad SMARTS) is 1. The molecule has 2 N–H and O–H groups in total. The Kier molecular flexibility index (Phi) is 3.56. The summed E-state index contributed by atoms with van der Waals surface area (Å²) in [5, 5.41) is 18.6. The lowest BCUT2D eigenvalue weighted by molar-refractivity contribution is -0.269. The molecule has 0 bridgehead atoms. The lowest BCUT2D eigenvalue weighted by Gasteiger charge is -2.28. The molecule has 3 rings (SSSR count). The molecule has 0 fully saturated rings. The Morgan fingerprint density at radius 3 is 2.19 bits per heavy atom. The molecule has 2 aromatic rings. The summed E-state index contributed by atoms with van der Waals surface area (Å²) >= 11 is 0. The summed E-state index contributed by atoms with van der Waals surface area (Å²) in [6, 6.07) is 16.9. The van der Waals surface area contributed by atoms with Crippen LogP contribution in [0.25, 0.3) is 0 Å². The Morgan fingerprint density at radius 1 is 0.952 bits per heavy atom. The van der Waals surface area contributed by atoms with E-state index in [1.54, 1.807) is 0 Å². The van der Waals surface area contributed by atoms with Crippen LogP contribution >= 0.6 is 0 Å². The zero-order valence-electron chi connectivity index (χ0n) is 11.1. The van der Waals surface area contributed by atoms with Crippen molar-refractivity contribution in [2.75, 3.05) is 0 Å². The second-order valence-electron chi connectivity index (χ2n) is 4.93. The van der Waals surface area contributed by atoms with Gasteiger partial charge in [-0.3, -0.25) is 5.26 Å². The molecule has 21 heavy (non-hydrogen) atoms. The minimum atomic E-state index is -1.01. The van der Waals surface area contributed by atoms with Gasteiger partial charge in [0.25, 0.3) is 0 Å². The lowest BCUT2D eigenvalue weighted by Crippen LogP contribution is -2.21. The molecule has 4 nitrogen and oxygen atoms in total. The summed E-state index contributed by atoms with van der Waals surface area (Å²) < 4.78 is 0. The van der Waals surface area contributed by atoms with Crippen molar-refractivity contribution in [2.45, 2.75) is 12.0 Å². The first-order valence-corrected chi connectivity index (χ1v) is 6.61. The molecule has 0 saturated heterocycles. The maximum atomic E-state index is 11.6. The first kappa shape index (κ1) is 13.5. The predicted molar refractivity (Wildman–Crippen MR) is 76.9 cm³/mol. The molecule has 1 aliphatic carbocycles. The number of benzene rings is 2. The molecular weight excluding hydrogens is 268 g/mol. The van der Waals surface area contributed by atoms with E-state index in [0.717, 1.165) is 16.7 Å². The Hall–Kier alpha value is -2.43. The van der Waals surface area contributed by atoms with E-state index >= 15 is 0 Å². The van der Waals surface area contributed by atoms with Gasteiger partial charge in [0.05, 0.1) is 0 Å². The van der Waals surface area contributed by atoms with E-state index in [4.69, 9.17) is 5.26 Å². The Balaban J connectivity index is 2.21. The number of aliphatic carboxylic acids is 1. The number of carbonyl (C=O) groups is 1. The lowest BCUT2D eigenvalue weighted by atomic mass is 9.77. The standard InChI is InChI=1S/C17H14O4/c18-17(19)14-10-15(21-20)12-8-4-5-9-13(12)16(14)11-6-2-1-3-7-11/h1-10,15-16,20H,(H,18,19)/t15-,16-/m1/s1. The first-order valence-electron chi connectivity index (χ1n) is 6.61. The SMILES string of the molecule is O=C(O)C1=C[C@@H](OO)c2ccccc2[C@H]1c1ccccc1. The van der Waals surface area contributed by atoms with Gasteiger partial charge in [-0.25, -0.2) is 9.68 Å². The highest BCUT2D eigenvalue weighted by Crippen LogP contribution is 2.42. The van der Waals surface area contributed by atoms with Gasteiger partial charge in [0, 0.05) is 11.5 Å². The first-order chi connectivity index (χ1) is 10.2. The molecule has 0 heterocycles. The number of rotatable bonds is 3. The van der Waals surface area contributed by atoms with Crippen LogP contribution in [0.15, 0.2) is 66.2 Å². The zero-order valence-corrected chi connectivity index (χ0v) is 11.1.